The molecule has 0 radical (unpaired) electrons. The Hall–Kier alpha value is -1.33. The first-order chi connectivity index (χ1) is 7.79. The number of allylic oxidation sites excluding steroid dienone is 3. The fourth-order valence-electron chi connectivity index (χ4n) is 1.06. The number of carbonyl (C=O) groups is 1. The number of carbonyl (C=O) groups excluding carboxylic acids is 1. The number of ketones is 1. The Morgan fingerprint density at radius 3 is 2.88 bits per heavy atom. The van der Waals surface area contributed by atoms with Gasteiger partial charge in [0.2, 0.25) is 0 Å². The van der Waals surface area contributed by atoms with Gasteiger partial charge in [0.05, 0.1) is 6.61 Å². The lowest BCUT2D eigenvalue weighted by Crippen LogP contribution is -2.06. The molecule has 1 aliphatic carbocycles. The Morgan fingerprint density at radius 2 is 2.19 bits per heavy atom. The van der Waals surface area contributed by atoms with Crippen LogP contribution in [0, 0.1) is 11.8 Å². The Kier molecular flexibility index (Phi) is 9.35. The van der Waals surface area contributed by atoms with E-state index in [1.807, 2.05) is 32.1 Å². The number of ether oxygens (including phenoxy) is 1. The molecule has 0 spiro atoms. The van der Waals surface area contributed by atoms with Crippen molar-refractivity contribution in [2.24, 2.45) is 0 Å². The number of hydrogen-bond donors (Lipinski definition) is 0. The summed E-state index contributed by atoms with van der Waals surface area (Å²) in [7, 11) is 0. The zero-order valence-electron chi connectivity index (χ0n) is 10.4. The minimum absolute atomic E-state index is 0.0538. The van der Waals surface area contributed by atoms with E-state index in [0.29, 0.717) is 6.61 Å². The predicted octanol–water partition coefficient (Wildman–Crippen LogP) is 2.90. The van der Waals surface area contributed by atoms with Crippen molar-refractivity contribution in [2.45, 2.75) is 33.6 Å². The molecular formula is C14H20O2. The smallest absolute Gasteiger partial charge is 0.155 e. The Labute approximate surface area is 98.4 Å². The van der Waals surface area contributed by atoms with E-state index in [2.05, 4.69) is 11.8 Å². The summed E-state index contributed by atoms with van der Waals surface area (Å²) in [4.78, 5) is 10.6. The molecule has 1 rings (SSSR count). The Morgan fingerprint density at radius 1 is 1.44 bits per heavy atom. The summed E-state index contributed by atoms with van der Waals surface area (Å²) in [6, 6.07) is 0. The van der Waals surface area contributed by atoms with Crippen LogP contribution in [0.1, 0.15) is 33.6 Å². The first kappa shape index (κ1) is 14.7. The minimum atomic E-state index is 0.0538. The van der Waals surface area contributed by atoms with Crippen LogP contribution in [0.5, 0.6) is 0 Å². The quantitative estimate of drug-likeness (QED) is 0.681. The van der Waals surface area contributed by atoms with E-state index in [-0.39, 0.29) is 12.4 Å². The standard InChI is InChI=1S/C12H14O2.C2H6/c1-11(13)9-14-10-12-7-5-3-2-4-6-8-12;1-2/h3,5,7H,2,8-10H2,1H3;1-2H3/b5-3-,12-7+;. The first-order valence-electron chi connectivity index (χ1n) is 5.66. The highest BCUT2D eigenvalue weighted by molar-refractivity contribution is 5.76. The number of Topliss-reactive ketones (excluding diaryl/α,β-unsaturated/α-hetero) is 1. The van der Waals surface area contributed by atoms with Gasteiger partial charge in [0.15, 0.2) is 5.78 Å². The molecule has 2 nitrogen and oxygen atoms in total. The second-order valence-corrected chi connectivity index (χ2v) is 3.18. The fraction of sp³-hybridized carbons (Fsp3) is 0.500. The molecule has 0 bridgehead atoms. The van der Waals surface area contributed by atoms with Crippen molar-refractivity contribution in [2.75, 3.05) is 13.2 Å². The van der Waals surface area contributed by atoms with Gasteiger partial charge >= 0.3 is 0 Å². The van der Waals surface area contributed by atoms with Crippen molar-refractivity contribution < 1.29 is 9.53 Å². The maximum Gasteiger partial charge on any atom is 0.155 e. The van der Waals surface area contributed by atoms with Gasteiger partial charge in [-0.15, -0.1) is 0 Å². The van der Waals surface area contributed by atoms with E-state index in [1.165, 1.54) is 6.92 Å². The molecule has 0 heterocycles. The molecule has 0 aromatic heterocycles. The lowest BCUT2D eigenvalue weighted by Gasteiger charge is -2.04. The summed E-state index contributed by atoms with van der Waals surface area (Å²) < 4.78 is 5.21. The molecule has 0 amide bonds. The average molecular weight is 220 g/mol. The predicted molar refractivity (Wildman–Crippen MR) is 67.1 cm³/mol. The molecule has 0 saturated heterocycles. The minimum Gasteiger partial charge on any atom is -0.369 e. The van der Waals surface area contributed by atoms with E-state index >= 15 is 0 Å². The van der Waals surface area contributed by atoms with Gasteiger partial charge in [0.25, 0.3) is 0 Å². The van der Waals surface area contributed by atoms with Crippen molar-refractivity contribution in [1.29, 1.82) is 0 Å². The number of hydrogen-bond acceptors (Lipinski definition) is 2. The second-order valence-electron chi connectivity index (χ2n) is 3.18. The summed E-state index contributed by atoms with van der Waals surface area (Å²) in [5.74, 6) is 6.11. The normalized spacial score (nSPS) is 18.6. The van der Waals surface area contributed by atoms with Gasteiger partial charge in [0.1, 0.15) is 6.61 Å². The van der Waals surface area contributed by atoms with Crippen LogP contribution in [0.25, 0.3) is 0 Å². The molecule has 0 aromatic carbocycles. The van der Waals surface area contributed by atoms with E-state index in [9.17, 15) is 4.79 Å². The second kappa shape index (κ2) is 10.2. The maximum absolute atomic E-state index is 10.6. The summed E-state index contributed by atoms with van der Waals surface area (Å²) >= 11 is 0. The van der Waals surface area contributed by atoms with Crippen molar-refractivity contribution in [1.82, 2.24) is 0 Å². The van der Waals surface area contributed by atoms with Crippen molar-refractivity contribution in [3.8, 4) is 11.8 Å². The van der Waals surface area contributed by atoms with E-state index in [1.54, 1.807) is 0 Å². The Balaban J connectivity index is 0.00000106. The van der Waals surface area contributed by atoms with E-state index < -0.39 is 0 Å². The molecule has 0 atom stereocenters. The van der Waals surface area contributed by atoms with E-state index in [4.69, 9.17) is 4.74 Å². The molecule has 16 heavy (non-hydrogen) atoms. The molecular weight excluding hydrogens is 200 g/mol. The third kappa shape index (κ3) is 8.02. The summed E-state index contributed by atoms with van der Waals surface area (Å²) in [6.07, 6.45) is 7.56. The third-order valence-electron chi connectivity index (χ3n) is 1.72. The lowest BCUT2D eigenvalue weighted by atomic mass is 10.1. The van der Waals surface area contributed by atoms with Gasteiger partial charge in [-0.1, -0.05) is 43.9 Å². The molecule has 0 N–H and O–H groups in total. The van der Waals surface area contributed by atoms with Gasteiger partial charge in [-0.25, -0.2) is 0 Å². The first-order valence-corrected chi connectivity index (χ1v) is 5.66. The zero-order valence-corrected chi connectivity index (χ0v) is 10.4. The van der Waals surface area contributed by atoms with Crippen molar-refractivity contribution in [3.05, 3.63) is 23.8 Å². The SMILES string of the molecule is CC.CC(=O)COC/C1=C/C=C\CC#CC1. The molecule has 0 aliphatic heterocycles. The molecule has 1 aliphatic rings. The maximum atomic E-state index is 10.6. The van der Waals surface area contributed by atoms with Gasteiger partial charge in [-0.2, -0.15) is 0 Å². The van der Waals surface area contributed by atoms with Crippen LogP contribution in [0.2, 0.25) is 0 Å². The van der Waals surface area contributed by atoms with E-state index in [0.717, 1.165) is 18.4 Å². The highest BCUT2D eigenvalue weighted by Crippen LogP contribution is 2.04. The van der Waals surface area contributed by atoms with Gasteiger partial charge in [0, 0.05) is 12.8 Å². The summed E-state index contributed by atoms with van der Waals surface area (Å²) in [5, 5.41) is 0. The van der Waals surface area contributed by atoms with Crippen LogP contribution in [0.4, 0.5) is 0 Å². The van der Waals surface area contributed by atoms with Crippen LogP contribution in [-0.4, -0.2) is 19.0 Å². The zero-order chi connectivity index (χ0) is 12.2. The molecule has 0 unspecified atom stereocenters. The molecule has 88 valence electrons. The highest BCUT2D eigenvalue weighted by Gasteiger charge is 1.97. The Bertz CT molecular complexity index is 313. The average Bonchev–Trinajstić information content (AvgIpc) is 2.23. The van der Waals surface area contributed by atoms with Gasteiger partial charge in [-0.05, 0) is 12.5 Å². The third-order valence-corrected chi connectivity index (χ3v) is 1.72. The summed E-state index contributed by atoms with van der Waals surface area (Å²) in [6.45, 7) is 6.21. The topological polar surface area (TPSA) is 26.3 Å². The largest absolute Gasteiger partial charge is 0.369 e. The van der Waals surface area contributed by atoms with Gasteiger partial charge < -0.3 is 4.74 Å². The van der Waals surface area contributed by atoms with Crippen LogP contribution in [-0.2, 0) is 9.53 Å². The van der Waals surface area contributed by atoms with Crippen LogP contribution < -0.4 is 0 Å². The van der Waals surface area contributed by atoms with Crippen LogP contribution in [0.3, 0.4) is 0 Å². The van der Waals surface area contributed by atoms with Crippen molar-refractivity contribution in [3.63, 3.8) is 0 Å². The number of rotatable bonds is 4. The van der Waals surface area contributed by atoms with Crippen LogP contribution >= 0.6 is 0 Å². The molecule has 2 heteroatoms. The fourth-order valence-corrected chi connectivity index (χ4v) is 1.06. The van der Waals surface area contributed by atoms with Crippen LogP contribution in [0.15, 0.2) is 23.8 Å². The van der Waals surface area contributed by atoms with Gasteiger partial charge in [-0.3, -0.25) is 4.79 Å². The van der Waals surface area contributed by atoms with Crippen molar-refractivity contribution >= 4 is 5.78 Å². The molecule has 0 aromatic rings. The molecule has 0 saturated carbocycles. The highest BCUT2D eigenvalue weighted by atomic mass is 16.5. The summed E-state index contributed by atoms with van der Waals surface area (Å²) in [5.41, 5.74) is 1.12. The monoisotopic (exact) mass is 220 g/mol. The molecule has 0 fully saturated rings. The lowest BCUT2D eigenvalue weighted by molar-refractivity contribution is -0.121.